The second-order valence-corrected chi connectivity index (χ2v) is 5.32. The topological polar surface area (TPSA) is 49.3 Å². The number of carbonyl (C=O) groups excluding carboxylic acids is 1. The minimum Gasteiger partial charge on any atom is -0.387 e. The summed E-state index contributed by atoms with van der Waals surface area (Å²) < 4.78 is 0. The summed E-state index contributed by atoms with van der Waals surface area (Å²) in [7, 11) is 0. The Balaban J connectivity index is 1.82. The highest BCUT2D eigenvalue weighted by molar-refractivity contribution is 7.07. The van der Waals surface area contributed by atoms with Gasteiger partial charge in [0, 0.05) is 6.54 Å². The quantitative estimate of drug-likeness (QED) is 0.880. The summed E-state index contributed by atoms with van der Waals surface area (Å²) in [5.74, 6) is -0.0696. The van der Waals surface area contributed by atoms with Crippen molar-refractivity contribution in [2.75, 3.05) is 6.54 Å². The maximum absolute atomic E-state index is 11.8. The standard InChI is InChI=1S/C15H17NO2S/c1-11-3-2-4-12(7-11)8-15(18)16-9-14(17)13-5-6-19-10-13/h2-7,10,14,17H,8-9H2,1H3,(H,16,18). The van der Waals surface area contributed by atoms with Gasteiger partial charge in [0.2, 0.25) is 5.91 Å². The molecule has 0 radical (unpaired) electrons. The lowest BCUT2D eigenvalue weighted by atomic mass is 10.1. The first-order valence-corrected chi connectivity index (χ1v) is 7.12. The molecule has 0 aliphatic rings. The largest absolute Gasteiger partial charge is 0.387 e. The van der Waals surface area contributed by atoms with Crippen molar-refractivity contribution >= 4 is 17.2 Å². The van der Waals surface area contributed by atoms with Crippen molar-refractivity contribution in [3.05, 3.63) is 57.8 Å². The summed E-state index contributed by atoms with van der Waals surface area (Å²) in [5.41, 5.74) is 2.98. The van der Waals surface area contributed by atoms with Crippen LogP contribution in [0.4, 0.5) is 0 Å². The van der Waals surface area contributed by atoms with Crippen LogP contribution in [0.2, 0.25) is 0 Å². The number of aryl methyl sites for hydroxylation is 1. The Labute approximate surface area is 116 Å². The zero-order valence-electron chi connectivity index (χ0n) is 10.8. The van der Waals surface area contributed by atoms with Crippen LogP contribution in [-0.2, 0) is 11.2 Å². The van der Waals surface area contributed by atoms with E-state index in [0.717, 1.165) is 16.7 Å². The van der Waals surface area contributed by atoms with Gasteiger partial charge in [-0.2, -0.15) is 11.3 Å². The highest BCUT2D eigenvalue weighted by Crippen LogP contribution is 2.15. The molecule has 4 heteroatoms. The molecule has 0 bridgehead atoms. The van der Waals surface area contributed by atoms with E-state index < -0.39 is 6.10 Å². The van der Waals surface area contributed by atoms with Crippen LogP contribution in [0.25, 0.3) is 0 Å². The molecule has 2 rings (SSSR count). The van der Waals surface area contributed by atoms with Crippen molar-refractivity contribution in [3.63, 3.8) is 0 Å². The molecule has 100 valence electrons. The van der Waals surface area contributed by atoms with E-state index in [9.17, 15) is 9.90 Å². The molecule has 0 aliphatic heterocycles. The molecule has 19 heavy (non-hydrogen) atoms. The van der Waals surface area contributed by atoms with Gasteiger partial charge in [-0.05, 0) is 34.9 Å². The van der Waals surface area contributed by atoms with E-state index in [1.807, 2.05) is 48.0 Å². The number of carbonyl (C=O) groups is 1. The smallest absolute Gasteiger partial charge is 0.224 e. The lowest BCUT2D eigenvalue weighted by Gasteiger charge is -2.10. The molecular weight excluding hydrogens is 258 g/mol. The van der Waals surface area contributed by atoms with E-state index in [1.54, 1.807) is 0 Å². The summed E-state index contributed by atoms with van der Waals surface area (Å²) in [5, 5.41) is 16.4. The van der Waals surface area contributed by atoms with E-state index in [-0.39, 0.29) is 12.5 Å². The number of amides is 1. The molecule has 1 aromatic carbocycles. The van der Waals surface area contributed by atoms with Crippen molar-refractivity contribution in [1.29, 1.82) is 0 Å². The fourth-order valence-corrected chi connectivity index (χ4v) is 2.57. The van der Waals surface area contributed by atoms with E-state index >= 15 is 0 Å². The first kappa shape index (κ1) is 13.8. The third-order valence-corrected chi connectivity index (χ3v) is 3.57. The lowest BCUT2D eigenvalue weighted by molar-refractivity contribution is -0.120. The minimum atomic E-state index is -0.632. The fourth-order valence-electron chi connectivity index (χ4n) is 1.86. The highest BCUT2D eigenvalue weighted by atomic mass is 32.1. The number of aliphatic hydroxyl groups excluding tert-OH is 1. The van der Waals surface area contributed by atoms with Gasteiger partial charge in [-0.1, -0.05) is 29.8 Å². The monoisotopic (exact) mass is 275 g/mol. The number of hydrogen-bond acceptors (Lipinski definition) is 3. The average Bonchev–Trinajstić information content (AvgIpc) is 2.90. The molecule has 2 aromatic rings. The van der Waals surface area contributed by atoms with Gasteiger partial charge in [-0.25, -0.2) is 0 Å². The summed E-state index contributed by atoms with van der Waals surface area (Å²) in [6, 6.07) is 9.73. The predicted octanol–water partition coefficient (Wildman–Crippen LogP) is 2.45. The van der Waals surface area contributed by atoms with Crippen LogP contribution in [0.5, 0.6) is 0 Å². The number of aliphatic hydroxyl groups is 1. The molecule has 1 aromatic heterocycles. The molecule has 0 saturated carbocycles. The van der Waals surface area contributed by atoms with Crippen LogP contribution in [0, 0.1) is 6.92 Å². The van der Waals surface area contributed by atoms with E-state index in [0.29, 0.717) is 6.42 Å². The number of thiophene rings is 1. The Bertz CT molecular complexity index is 537. The summed E-state index contributed by atoms with van der Waals surface area (Å²) in [6.45, 7) is 2.25. The van der Waals surface area contributed by atoms with Crippen LogP contribution >= 0.6 is 11.3 Å². The third-order valence-electron chi connectivity index (χ3n) is 2.87. The predicted molar refractivity (Wildman–Crippen MR) is 77.2 cm³/mol. The van der Waals surface area contributed by atoms with E-state index in [1.165, 1.54) is 11.3 Å². The fraction of sp³-hybridized carbons (Fsp3) is 0.267. The van der Waals surface area contributed by atoms with Gasteiger partial charge in [-0.15, -0.1) is 0 Å². The molecule has 2 N–H and O–H groups in total. The van der Waals surface area contributed by atoms with Gasteiger partial charge in [0.25, 0.3) is 0 Å². The second-order valence-electron chi connectivity index (χ2n) is 4.54. The van der Waals surface area contributed by atoms with Gasteiger partial charge in [0.05, 0.1) is 12.5 Å². The van der Waals surface area contributed by atoms with Crippen molar-refractivity contribution in [3.8, 4) is 0 Å². The second kappa shape index (κ2) is 6.50. The zero-order chi connectivity index (χ0) is 13.7. The van der Waals surface area contributed by atoms with Crippen LogP contribution in [0.3, 0.4) is 0 Å². The number of benzene rings is 1. The Morgan fingerprint density at radius 3 is 2.95 bits per heavy atom. The molecule has 1 amide bonds. The Kier molecular flexibility index (Phi) is 4.71. The Hall–Kier alpha value is -1.65. The average molecular weight is 275 g/mol. The van der Waals surface area contributed by atoms with Crippen LogP contribution in [0.15, 0.2) is 41.1 Å². The molecule has 1 unspecified atom stereocenters. The number of nitrogens with one attached hydrogen (secondary N) is 1. The maximum atomic E-state index is 11.8. The molecular formula is C15H17NO2S. The summed E-state index contributed by atoms with van der Waals surface area (Å²) in [4.78, 5) is 11.8. The normalized spacial score (nSPS) is 12.1. The molecule has 3 nitrogen and oxygen atoms in total. The van der Waals surface area contributed by atoms with E-state index in [4.69, 9.17) is 0 Å². The van der Waals surface area contributed by atoms with Crippen LogP contribution in [0.1, 0.15) is 22.8 Å². The third kappa shape index (κ3) is 4.19. The Morgan fingerprint density at radius 1 is 1.42 bits per heavy atom. The molecule has 1 atom stereocenters. The number of hydrogen-bond donors (Lipinski definition) is 2. The molecule has 0 aliphatic carbocycles. The molecule has 0 spiro atoms. The molecule has 1 heterocycles. The first-order valence-electron chi connectivity index (χ1n) is 6.17. The summed E-state index contributed by atoms with van der Waals surface area (Å²) in [6.07, 6.45) is -0.286. The van der Waals surface area contributed by atoms with Gasteiger partial charge in [-0.3, -0.25) is 4.79 Å². The van der Waals surface area contributed by atoms with Crippen LogP contribution in [-0.4, -0.2) is 17.6 Å². The lowest BCUT2D eigenvalue weighted by Crippen LogP contribution is -2.29. The number of rotatable bonds is 5. The van der Waals surface area contributed by atoms with E-state index in [2.05, 4.69) is 5.32 Å². The van der Waals surface area contributed by atoms with Crippen molar-refractivity contribution in [2.45, 2.75) is 19.4 Å². The maximum Gasteiger partial charge on any atom is 0.224 e. The van der Waals surface area contributed by atoms with Crippen molar-refractivity contribution < 1.29 is 9.90 Å². The van der Waals surface area contributed by atoms with Gasteiger partial charge in [0.15, 0.2) is 0 Å². The van der Waals surface area contributed by atoms with Crippen LogP contribution < -0.4 is 5.32 Å². The van der Waals surface area contributed by atoms with Gasteiger partial charge in [0.1, 0.15) is 0 Å². The van der Waals surface area contributed by atoms with Crippen molar-refractivity contribution in [2.24, 2.45) is 0 Å². The van der Waals surface area contributed by atoms with Gasteiger partial charge >= 0.3 is 0 Å². The minimum absolute atomic E-state index is 0.0696. The molecule has 0 fully saturated rings. The summed E-state index contributed by atoms with van der Waals surface area (Å²) >= 11 is 1.53. The SMILES string of the molecule is Cc1cccc(CC(=O)NCC(O)c2ccsc2)c1. The van der Waals surface area contributed by atoms with Crippen molar-refractivity contribution in [1.82, 2.24) is 5.32 Å². The first-order chi connectivity index (χ1) is 9.15. The zero-order valence-corrected chi connectivity index (χ0v) is 11.6. The highest BCUT2D eigenvalue weighted by Gasteiger charge is 2.10. The van der Waals surface area contributed by atoms with Gasteiger partial charge < -0.3 is 10.4 Å². The Morgan fingerprint density at radius 2 is 2.26 bits per heavy atom. The molecule has 0 saturated heterocycles.